The fraction of sp³-hybridized carbons (Fsp3) is 1.00. The highest BCUT2D eigenvalue weighted by molar-refractivity contribution is 4.92. The molecular weight excluding hydrogens is 168 g/mol. The van der Waals surface area contributed by atoms with Crippen molar-refractivity contribution in [3.63, 3.8) is 0 Å². The Morgan fingerprint density at radius 3 is 2.50 bits per heavy atom. The van der Waals surface area contributed by atoms with Gasteiger partial charge in [-0.3, -0.25) is 0 Å². The maximum absolute atomic E-state index is 2.46. The predicted molar refractivity (Wildman–Crippen MR) is 62.3 cm³/mol. The van der Waals surface area contributed by atoms with Crippen molar-refractivity contribution in [3.05, 3.63) is 0 Å². The Bertz CT molecular complexity index is 176. The molecule has 2 aliphatic rings. The van der Waals surface area contributed by atoms with E-state index in [0.717, 1.165) is 17.3 Å². The minimum atomic E-state index is 0.826. The first-order valence-corrected chi connectivity index (χ1v) is 6.76. The van der Waals surface area contributed by atoms with Crippen molar-refractivity contribution in [3.8, 4) is 0 Å². The average molecular weight is 194 g/mol. The smallest absolute Gasteiger partial charge is 0.0295 e. The Morgan fingerprint density at radius 2 is 1.86 bits per heavy atom. The van der Waals surface area contributed by atoms with Crippen molar-refractivity contribution >= 4 is 0 Å². The lowest BCUT2D eigenvalue weighted by atomic mass is 9.72. The van der Waals surface area contributed by atoms with Crippen molar-refractivity contribution in [2.24, 2.45) is 17.3 Å². The molecule has 0 bridgehead atoms. The van der Waals surface area contributed by atoms with Crippen molar-refractivity contribution < 1.29 is 0 Å². The Balaban J connectivity index is 1.92. The first-order valence-electron chi connectivity index (χ1n) is 6.76. The van der Waals surface area contributed by atoms with Crippen LogP contribution in [0.4, 0.5) is 0 Å². The zero-order valence-electron chi connectivity index (χ0n) is 10.0. The van der Waals surface area contributed by atoms with Crippen LogP contribution >= 0.6 is 0 Å². The minimum Gasteiger partial charge on any atom is -0.0651 e. The van der Waals surface area contributed by atoms with E-state index >= 15 is 0 Å². The molecule has 0 aliphatic heterocycles. The van der Waals surface area contributed by atoms with Crippen LogP contribution in [-0.4, -0.2) is 0 Å². The summed E-state index contributed by atoms with van der Waals surface area (Å²) in [6, 6.07) is 0. The highest BCUT2D eigenvalue weighted by Gasteiger charge is 2.40. The molecule has 0 aromatic carbocycles. The Kier molecular flexibility index (Phi) is 3.19. The van der Waals surface area contributed by atoms with E-state index in [-0.39, 0.29) is 0 Å². The van der Waals surface area contributed by atoms with E-state index in [0.29, 0.717) is 0 Å². The molecule has 0 amide bonds. The van der Waals surface area contributed by atoms with Gasteiger partial charge >= 0.3 is 0 Å². The molecule has 0 saturated heterocycles. The predicted octanol–water partition coefficient (Wildman–Crippen LogP) is 4.78. The summed E-state index contributed by atoms with van der Waals surface area (Å²) >= 11 is 0. The van der Waals surface area contributed by atoms with Gasteiger partial charge in [-0.05, 0) is 49.4 Å². The fourth-order valence-electron chi connectivity index (χ4n) is 3.83. The molecule has 14 heavy (non-hydrogen) atoms. The Morgan fingerprint density at radius 1 is 1.14 bits per heavy atom. The molecule has 2 unspecified atom stereocenters. The molecule has 2 rings (SSSR count). The van der Waals surface area contributed by atoms with Gasteiger partial charge in [-0.1, -0.05) is 39.5 Å². The van der Waals surface area contributed by atoms with Crippen LogP contribution in [-0.2, 0) is 0 Å². The average Bonchev–Trinajstić information content (AvgIpc) is 2.62. The number of hydrogen-bond acceptors (Lipinski definition) is 0. The molecule has 82 valence electrons. The summed E-state index contributed by atoms with van der Waals surface area (Å²) in [4.78, 5) is 0. The Hall–Kier alpha value is 0. The molecule has 2 atom stereocenters. The summed E-state index contributed by atoms with van der Waals surface area (Å²) in [7, 11) is 0. The summed E-state index contributed by atoms with van der Waals surface area (Å²) in [5.41, 5.74) is 0.826. The molecule has 0 heteroatoms. The lowest BCUT2D eigenvalue weighted by molar-refractivity contribution is 0.180. The van der Waals surface area contributed by atoms with E-state index < -0.39 is 0 Å². The van der Waals surface area contributed by atoms with Gasteiger partial charge in [0.2, 0.25) is 0 Å². The second kappa shape index (κ2) is 4.24. The third kappa shape index (κ3) is 1.99. The number of hydrogen-bond donors (Lipinski definition) is 0. The second-order valence-electron chi connectivity index (χ2n) is 5.95. The summed E-state index contributed by atoms with van der Waals surface area (Å²) in [5, 5.41) is 0. The zero-order chi connectivity index (χ0) is 10.0. The first-order chi connectivity index (χ1) is 6.76. The van der Waals surface area contributed by atoms with E-state index in [1.165, 1.54) is 32.1 Å². The monoisotopic (exact) mass is 194 g/mol. The maximum atomic E-state index is 2.46. The van der Waals surface area contributed by atoms with Gasteiger partial charge in [-0.25, -0.2) is 0 Å². The molecule has 0 aromatic rings. The highest BCUT2D eigenvalue weighted by Crippen LogP contribution is 2.53. The molecule has 0 heterocycles. The van der Waals surface area contributed by atoms with Gasteiger partial charge in [0.25, 0.3) is 0 Å². The number of rotatable bonds is 2. The van der Waals surface area contributed by atoms with Gasteiger partial charge < -0.3 is 0 Å². The van der Waals surface area contributed by atoms with Gasteiger partial charge in [0.15, 0.2) is 0 Å². The standard InChI is InChI=1S/C14H26/c1-3-12(2)13-7-10-14(11-13)8-5-4-6-9-14/h12-13H,3-11H2,1-2H3. The lowest BCUT2D eigenvalue weighted by Crippen LogP contribution is -2.21. The van der Waals surface area contributed by atoms with Crippen molar-refractivity contribution in [2.45, 2.75) is 71.6 Å². The maximum Gasteiger partial charge on any atom is -0.0295 e. The summed E-state index contributed by atoms with van der Waals surface area (Å²) in [5.74, 6) is 2.05. The van der Waals surface area contributed by atoms with Crippen LogP contribution in [0.1, 0.15) is 71.6 Å². The van der Waals surface area contributed by atoms with Crippen LogP contribution in [0.15, 0.2) is 0 Å². The molecule has 2 fully saturated rings. The van der Waals surface area contributed by atoms with Gasteiger partial charge in [0.1, 0.15) is 0 Å². The van der Waals surface area contributed by atoms with Crippen molar-refractivity contribution in [2.75, 3.05) is 0 Å². The summed E-state index contributed by atoms with van der Waals surface area (Å²) in [6.45, 7) is 4.82. The molecule has 2 aliphatic carbocycles. The second-order valence-corrected chi connectivity index (χ2v) is 5.95. The Labute approximate surface area is 89.5 Å². The van der Waals surface area contributed by atoms with Gasteiger partial charge in [-0.15, -0.1) is 0 Å². The van der Waals surface area contributed by atoms with Crippen LogP contribution in [0.5, 0.6) is 0 Å². The zero-order valence-corrected chi connectivity index (χ0v) is 10.0. The fourth-order valence-corrected chi connectivity index (χ4v) is 3.83. The third-order valence-electron chi connectivity index (χ3n) is 5.10. The van der Waals surface area contributed by atoms with Crippen LogP contribution in [0.25, 0.3) is 0 Å². The topological polar surface area (TPSA) is 0 Å². The quantitative estimate of drug-likeness (QED) is 0.593. The van der Waals surface area contributed by atoms with Crippen molar-refractivity contribution in [1.29, 1.82) is 0 Å². The van der Waals surface area contributed by atoms with Gasteiger partial charge in [0, 0.05) is 0 Å². The van der Waals surface area contributed by atoms with Crippen LogP contribution in [0, 0.1) is 17.3 Å². The first kappa shape index (κ1) is 10.5. The van der Waals surface area contributed by atoms with E-state index in [2.05, 4.69) is 13.8 Å². The molecule has 0 aromatic heterocycles. The van der Waals surface area contributed by atoms with E-state index in [1.807, 2.05) is 0 Å². The van der Waals surface area contributed by atoms with Gasteiger partial charge in [-0.2, -0.15) is 0 Å². The summed E-state index contributed by atoms with van der Waals surface area (Å²) in [6.07, 6.45) is 13.7. The minimum absolute atomic E-state index is 0.826. The highest BCUT2D eigenvalue weighted by atomic mass is 14.5. The van der Waals surface area contributed by atoms with Crippen molar-refractivity contribution in [1.82, 2.24) is 0 Å². The summed E-state index contributed by atoms with van der Waals surface area (Å²) < 4.78 is 0. The third-order valence-corrected chi connectivity index (χ3v) is 5.10. The molecule has 1 spiro atoms. The lowest BCUT2D eigenvalue weighted by Gasteiger charge is -2.34. The largest absolute Gasteiger partial charge is 0.0651 e. The van der Waals surface area contributed by atoms with Crippen LogP contribution < -0.4 is 0 Å². The van der Waals surface area contributed by atoms with E-state index in [4.69, 9.17) is 0 Å². The normalized spacial score (nSPS) is 33.4. The van der Waals surface area contributed by atoms with E-state index in [1.54, 1.807) is 25.7 Å². The SMILES string of the molecule is CCC(C)C1CCC2(CCCCC2)C1. The molecule has 0 nitrogen and oxygen atoms in total. The van der Waals surface area contributed by atoms with Gasteiger partial charge in [0.05, 0.1) is 0 Å². The van der Waals surface area contributed by atoms with Crippen LogP contribution in [0.2, 0.25) is 0 Å². The molecule has 0 N–H and O–H groups in total. The molecule has 2 saturated carbocycles. The molecular formula is C14H26. The van der Waals surface area contributed by atoms with Crippen LogP contribution in [0.3, 0.4) is 0 Å². The molecule has 0 radical (unpaired) electrons. The van der Waals surface area contributed by atoms with E-state index in [9.17, 15) is 0 Å².